The Hall–Kier alpha value is -1.73. The molecule has 0 saturated carbocycles. The number of hydrogen-bond acceptors (Lipinski definition) is 5. The van der Waals surface area contributed by atoms with Gasteiger partial charge in [-0.2, -0.15) is 5.10 Å². The topological polar surface area (TPSA) is 69.0 Å². The molecular weight excluding hydrogens is 324 g/mol. The van der Waals surface area contributed by atoms with Crippen molar-refractivity contribution in [2.45, 2.75) is 58.2 Å². The van der Waals surface area contributed by atoms with Crippen molar-refractivity contribution in [3.8, 4) is 0 Å². The Bertz CT molecular complexity index is 729. The Kier molecular flexibility index (Phi) is 4.73. The maximum Gasteiger partial charge on any atom is 0.261 e. The smallest absolute Gasteiger partial charge is 0.261 e. The Labute approximate surface area is 146 Å². The summed E-state index contributed by atoms with van der Waals surface area (Å²) in [6.45, 7) is 7.69. The van der Waals surface area contributed by atoms with Crippen LogP contribution in [0.25, 0.3) is 0 Å². The summed E-state index contributed by atoms with van der Waals surface area (Å²) in [6.07, 6.45) is 1.86. The third-order valence-electron chi connectivity index (χ3n) is 4.07. The Balaban J connectivity index is 1.75. The van der Waals surface area contributed by atoms with Crippen molar-refractivity contribution < 1.29 is 9.53 Å². The quantitative estimate of drug-likeness (QED) is 0.922. The molecule has 0 radical (unpaired) electrons. The van der Waals surface area contributed by atoms with Gasteiger partial charge in [0.2, 0.25) is 0 Å². The van der Waals surface area contributed by atoms with Crippen molar-refractivity contribution in [3.05, 3.63) is 33.5 Å². The summed E-state index contributed by atoms with van der Waals surface area (Å²) in [5.74, 6) is 1.46. The van der Waals surface area contributed by atoms with Crippen LogP contribution in [0.1, 0.15) is 65.9 Å². The maximum absolute atomic E-state index is 12.6. The highest BCUT2D eigenvalue weighted by Crippen LogP contribution is 2.30. The van der Waals surface area contributed by atoms with Gasteiger partial charge >= 0.3 is 0 Å². The lowest BCUT2D eigenvalue weighted by molar-refractivity contribution is 0.0931. The van der Waals surface area contributed by atoms with Gasteiger partial charge in [0.25, 0.3) is 5.91 Å². The maximum atomic E-state index is 12.6. The first-order valence-electron chi connectivity index (χ1n) is 8.22. The van der Waals surface area contributed by atoms with Gasteiger partial charge < -0.3 is 10.1 Å². The highest BCUT2D eigenvalue weighted by Gasteiger charge is 2.27. The van der Waals surface area contributed by atoms with Crippen LogP contribution in [0, 0.1) is 0 Å². The van der Waals surface area contributed by atoms with E-state index in [2.05, 4.69) is 36.2 Å². The molecule has 0 bridgehead atoms. The van der Waals surface area contributed by atoms with Gasteiger partial charge in [0.15, 0.2) is 5.82 Å². The molecule has 0 aliphatic carbocycles. The van der Waals surface area contributed by atoms with Crippen LogP contribution in [0.4, 0.5) is 0 Å². The van der Waals surface area contributed by atoms with Crippen LogP contribution in [-0.4, -0.2) is 27.8 Å². The molecule has 1 atom stereocenters. The van der Waals surface area contributed by atoms with Gasteiger partial charge in [0.05, 0.1) is 10.9 Å². The number of nitrogens with zero attached hydrogens (tertiary/aromatic N) is 3. The standard InChI is InChI=1S/C17H24N4O2S/c1-17(2,3)13-8-7-12(24-13)16(22)18-11-6-5-9-21-15(11)19-14(20-21)10-23-4/h7-8,11H,5-6,9-10H2,1-4H3,(H,18,22). The van der Waals surface area contributed by atoms with Gasteiger partial charge in [0.1, 0.15) is 12.4 Å². The summed E-state index contributed by atoms with van der Waals surface area (Å²) in [4.78, 5) is 19.1. The average molecular weight is 348 g/mol. The van der Waals surface area contributed by atoms with E-state index in [9.17, 15) is 4.79 Å². The van der Waals surface area contributed by atoms with Crippen LogP contribution in [0.5, 0.6) is 0 Å². The molecule has 1 N–H and O–H groups in total. The van der Waals surface area contributed by atoms with Crippen LogP contribution in [0.2, 0.25) is 0 Å². The summed E-state index contributed by atoms with van der Waals surface area (Å²) < 4.78 is 6.99. The number of amides is 1. The van der Waals surface area contributed by atoms with Gasteiger partial charge in [-0.3, -0.25) is 4.79 Å². The molecule has 130 valence electrons. The number of hydrogen-bond donors (Lipinski definition) is 1. The van der Waals surface area contributed by atoms with Crippen LogP contribution < -0.4 is 5.32 Å². The van der Waals surface area contributed by atoms with E-state index in [0.29, 0.717) is 12.4 Å². The van der Waals surface area contributed by atoms with Crippen molar-refractivity contribution in [1.82, 2.24) is 20.1 Å². The minimum absolute atomic E-state index is 0.0368. The van der Waals surface area contributed by atoms with E-state index in [4.69, 9.17) is 4.74 Å². The Morgan fingerprint density at radius 3 is 2.92 bits per heavy atom. The molecule has 24 heavy (non-hydrogen) atoms. The molecule has 0 saturated heterocycles. The van der Waals surface area contributed by atoms with Crippen LogP contribution >= 0.6 is 11.3 Å². The zero-order chi connectivity index (χ0) is 17.3. The molecular formula is C17H24N4O2S. The number of aryl methyl sites for hydroxylation is 1. The number of aromatic nitrogens is 3. The van der Waals surface area contributed by atoms with E-state index < -0.39 is 0 Å². The SMILES string of the molecule is COCc1nc2n(n1)CCCC2NC(=O)c1ccc(C(C)(C)C)s1. The fraction of sp³-hybridized carbons (Fsp3) is 0.588. The molecule has 3 heterocycles. The van der Waals surface area contributed by atoms with Crippen molar-refractivity contribution in [2.75, 3.05) is 7.11 Å². The van der Waals surface area contributed by atoms with Crippen molar-refractivity contribution >= 4 is 17.2 Å². The highest BCUT2D eigenvalue weighted by molar-refractivity contribution is 7.14. The molecule has 6 nitrogen and oxygen atoms in total. The molecule has 7 heteroatoms. The van der Waals surface area contributed by atoms with Gasteiger partial charge in [-0.1, -0.05) is 20.8 Å². The number of ether oxygens (including phenoxy) is 1. The molecule has 1 unspecified atom stereocenters. The summed E-state index contributed by atoms with van der Waals surface area (Å²) in [5.41, 5.74) is 0.0588. The number of fused-ring (bicyclic) bond motifs is 1. The summed E-state index contributed by atoms with van der Waals surface area (Å²) >= 11 is 1.56. The van der Waals surface area contributed by atoms with E-state index in [1.165, 1.54) is 4.88 Å². The zero-order valence-electron chi connectivity index (χ0n) is 14.6. The molecule has 3 rings (SSSR count). The fourth-order valence-electron chi connectivity index (χ4n) is 2.82. The fourth-order valence-corrected chi connectivity index (χ4v) is 3.79. The molecule has 1 aliphatic heterocycles. The first-order chi connectivity index (χ1) is 11.4. The summed E-state index contributed by atoms with van der Waals surface area (Å²) in [5, 5.41) is 7.56. The first kappa shape index (κ1) is 17.1. The minimum Gasteiger partial charge on any atom is -0.377 e. The van der Waals surface area contributed by atoms with E-state index in [0.717, 1.165) is 30.1 Å². The van der Waals surface area contributed by atoms with E-state index >= 15 is 0 Å². The number of rotatable bonds is 4. The predicted octanol–water partition coefficient (Wildman–Crippen LogP) is 3.05. The highest BCUT2D eigenvalue weighted by atomic mass is 32.1. The van der Waals surface area contributed by atoms with Gasteiger partial charge in [-0.25, -0.2) is 9.67 Å². The van der Waals surface area contributed by atoms with Gasteiger partial charge in [-0.05, 0) is 30.4 Å². The first-order valence-corrected chi connectivity index (χ1v) is 9.04. The Morgan fingerprint density at radius 1 is 1.46 bits per heavy atom. The molecule has 2 aromatic heterocycles. The number of nitrogens with one attached hydrogen (secondary N) is 1. The number of carbonyl (C=O) groups is 1. The molecule has 0 spiro atoms. The lowest BCUT2D eigenvalue weighted by Gasteiger charge is -2.22. The lowest BCUT2D eigenvalue weighted by Crippen LogP contribution is -2.32. The molecule has 1 amide bonds. The largest absolute Gasteiger partial charge is 0.377 e. The van der Waals surface area contributed by atoms with Crippen molar-refractivity contribution in [3.63, 3.8) is 0 Å². The van der Waals surface area contributed by atoms with Crippen LogP contribution in [0.15, 0.2) is 12.1 Å². The predicted molar refractivity (Wildman–Crippen MR) is 93.2 cm³/mol. The minimum atomic E-state index is -0.0930. The third-order valence-corrected chi connectivity index (χ3v) is 5.58. The molecule has 1 aliphatic rings. The van der Waals surface area contributed by atoms with Crippen molar-refractivity contribution in [2.24, 2.45) is 0 Å². The van der Waals surface area contributed by atoms with Gasteiger partial charge in [0, 0.05) is 18.5 Å². The molecule has 2 aromatic rings. The number of methoxy groups -OCH3 is 1. The monoisotopic (exact) mass is 348 g/mol. The second-order valence-electron chi connectivity index (χ2n) is 7.12. The summed E-state index contributed by atoms with van der Waals surface area (Å²) in [6, 6.07) is 3.86. The zero-order valence-corrected chi connectivity index (χ0v) is 15.4. The van der Waals surface area contributed by atoms with Crippen LogP contribution in [0.3, 0.4) is 0 Å². The number of thiophene rings is 1. The average Bonchev–Trinajstić information content (AvgIpc) is 3.13. The lowest BCUT2D eigenvalue weighted by atomic mass is 9.95. The summed E-state index contributed by atoms with van der Waals surface area (Å²) in [7, 11) is 1.63. The number of carbonyl (C=O) groups excluding carboxylic acids is 1. The second-order valence-corrected chi connectivity index (χ2v) is 8.21. The van der Waals surface area contributed by atoms with E-state index in [-0.39, 0.29) is 17.4 Å². The normalized spacial score (nSPS) is 17.6. The molecule has 0 aromatic carbocycles. The molecule has 0 fully saturated rings. The Morgan fingerprint density at radius 2 is 2.25 bits per heavy atom. The van der Waals surface area contributed by atoms with E-state index in [1.54, 1.807) is 18.4 Å². The van der Waals surface area contributed by atoms with E-state index in [1.807, 2.05) is 16.8 Å². The third kappa shape index (κ3) is 3.52. The van der Waals surface area contributed by atoms with Gasteiger partial charge in [-0.15, -0.1) is 11.3 Å². The van der Waals surface area contributed by atoms with Crippen LogP contribution in [-0.2, 0) is 23.3 Å². The van der Waals surface area contributed by atoms with Crippen molar-refractivity contribution in [1.29, 1.82) is 0 Å². The second kappa shape index (κ2) is 6.64.